The quantitative estimate of drug-likeness (QED) is 0.620. The largest absolute Gasteiger partial charge is 0.337 e. The maximum absolute atomic E-state index is 12.5. The third-order valence-corrected chi connectivity index (χ3v) is 5.55. The van der Waals surface area contributed by atoms with Gasteiger partial charge in [0.1, 0.15) is 26.2 Å². The number of hydrogen-bond donors (Lipinski definition) is 3. The molecule has 0 aromatic heterocycles. The highest BCUT2D eigenvalue weighted by Crippen LogP contribution is 2.13. The first-order valence-electron chi connectivity index (χ1n) is 7.54. The molecule has 0 amide bonds. The summed E-state index contributed by atoms with van der Waals surface area (Å²) in [5.41, 5.74) is 0.610. The van der Waals surface area contributed by atoms with E-state index in [1.807, 2.05) is 32.9 Å². The van der Waals surface area contributed by atoms with E-state index in [4.69, 9.17) is 0 Å². The zero-order chi connectivity index (χ0) is 15.5. The van der Waals surface area contributed by atoms with Crippen molar-refractivity contribution >= 4 is 10.0 Å². The summed E-state index contributed by atoms with van der Waals surface area (Å²) in [6.45, 7) is 11.1. The normalized spacial score (nSPS) is 17.9. The van der Waals surface area contributed by atoms with Gasteiger partial charge in [0, 0.05) is 0 Å². The Bertz CT molecular complexity index is 561. The zero-order valence-electron chi connectivity index (χ0n) is 13.1. The van der Waals surface area contributed by atoms with Gasteiger partial charge in [-0.1, -0.05) is 17.7 Å². The first kappa shape index (κ1) is 16.4. The molecular weight excluding hydrogens is 286 g/mol. The fourth-order valence-corrected chi connectivity index (χ4v) is 4.27. The highest BCUT2D eigenvalue weighted by atomic mass is 32.2. The third kappa shape index (κ3) is 4.78. The number of benzene rings is 1. The monoisotopic (exact) mass is 313 g/mol. The lowest BCUT2D eigenvalue weighted by molar-refractivity contribution is -0.949. The van der Waals surface area contributed by atoms with E-state index in [1.54, 1.807) is 12.1 Å². The van der Waals surface area contributed by atoms with Gasteiger partial charge in [0.2, 0.25) is 10.0 Å². The minimum atomic E-state index is -3.46. The molecule has 2 rings (SSSR count). The summed E-state index contributed by atoms with van der Waals surface area (Å²) < 4.78 is 27.8. The lowest BCUT2D eigenvalue weighted by Crippen LogP contribution is -3.21. The van der Waals surface area contributed by atoms with Gasteiger partial charge in [-0.15, -0.1) is 0 Å². The number of aryl methyl sites for hydroxylation is 1. The maximum atomic E-state index is 12.5. The van der Waals surface area contributed by atoms with E-state index in [2.05, 4.69) is 10.0 Å². The number of nitrogens with one attached hydrogen (secondary N) is 2. The van der Waals surface area contributed by atoms with Crippen LogP contribution in [0.3, 0.4) is 0 Å². The van der Waals surface area contributed by atoms with Gasteiger partial charge < -0.3 is 10.2 Å². The molecule has 1 aliphatic rings. The van der Waals surface area contributed by atoms with Gasteiger partial charge in [0.25, 0.3) is 0 Å². The second-order valence-electron chi connectivity index (χ2n) is 6.60. The Labute approximate surface area is 127 Å². The fraction of sp³-hybridized carbons (Fsp3) is 0.600. The average Bonchev–Trinajstić information content (AvgIpc) is 2.38. The Kier molecular flexibility index (Phi) is 5.03. The lowest BCUT2D eigenvalue weighted by atomic mass is 10.1. The van der Waals surface area contributed by atoms with Crippen molar-refractivity contribution < 1.29 is 18.6 Å². The van der Waals surface area contributed by atoms with Crippen LogP contribution in [0.1, 0.15) is 19.4 Å². The van der Waals surface area contributed by atoms with E-state index in [0.717, 1.165) is 38.3 Å². The zero-order valence-corrected chi connectivity index (χ0v) is 14.0. The van der Waals surface area contributed by atoms with Crippen LogP contribution < -0.4 is 14.9 Å². The van der Waals surface area contributed by atoms with Crippen LogP contribution >= 0.6 is 0 Å². The number of hydrogen-bond acceptors (Lipinski definition) is 2. The molecule has 6 heteroatoms. The molecule has 0 aliphatic carbocycles. The molecule has 5 nitrogen and oxygen atoms in total. The minimum Gasteiger partial charge on any atom is -0.337 e. The molecule has 0 bridgehead atoms. The summed E-state index contributed by atoms with van der Waals surface area (Å²) >= 11 is 0. The Morgan fingerprint density at radius 3 is 2.33 bits per heavy atom. The molecule has 0 unspecified atom stereocenters. The van der Waals surface area contributed by atoms with Gasteiger partial charge >= 0.3 is 0 Å². The van der Waals surface area contributed by atoms with Crippen molar-refractivity contribution in [2.45, 2.75) is 31.2 Å². The van der Waals surface area contributed by atoms with Crippen molar-refractivity contribution in [3.05, 3.63) is 29.8 Å². The van der Waals surface area contributed by atoms with Crippen molar-refractivity contribution in [1.29, 1.82) is 0 Å². The second kappa shape index (κ2) is 6.44. The molecule has 4 N–H and O–H groups in total. The Morgan fingerprint density at radius 2 is 1.76 bits per heavy atom. The smallest absolute Gasteiger partial charge is 0.241 e. The van der Waals surface area contributed by atoms with Gasteiger partial charge in [-0.3, -0.25) is 0 Å². The van der Waals surface area contributed by atoms with Crippen LogP contribution in [0.2, 0.25) is 0 Å². The van der Waals surface area contributed by atoms with Crippen molar-refractivity contribution in [2.75, 3.05) is 32.7 Å². The second-order valence-corrected chi connectivity index (χ2v) is 8.28. The van der Waals surface area contributed by atoms with Crippen molar-refractivity contribution in [3.63, 3.8) is 0 Å². The van der Waals surface area contributed by atoms with Crippen LogP contribution in [0.5, 0.6) is 0 Å². The summed E-state index contributed by atoms with van der Waals surface area (Å²) in [7, 11) is -3.46. The summed E-state index contributed by atoms with van der Waals surface area (Å²) in [5, 5.41) is 2.31. The van der Waals surface area contributed by atoms with Gasteiger partial charge in [0.05, 0.1) is 17.0 Å². The van der Waals surface area contributed by atoms with Gasteiger partial charge in [-0.05, 0) is 32.9 Å². The number of sulfonamides is 1. The number of nitrogens with two attached hydrogens (primary N) is 1. The first-order chi connectivity index (χ1) is 9.78. The number of quaternary nitrogens is 2. The van der Waals surface area contributed by atoms with E-state index in [0.29, 0.717) is 4.90 Å². The number of rotatable bonds is 5. The molecule has 1 aromatic carbocycles. The van der Waals surface area contributed by atoms with E-state index < -0.39 is 15.6 Å². The Balaban J connectivity index is 2.05. The molecule has 21 heavy (non-hydrogen) atoms. The number of piperazine rings is 1. The van der Waals surface area contributed by atoms with Crippen LogP contribution in [0.15, 0.2) is 29.2 Å². The van der Waals surface area contributed by atoms with Crippen molar-refractivity contribution in [3.8, 4) is 0 Å². The van der Waals surface area contributed by atoms with Crippen LogP contribution in [0.25, 0.3) is 0 Å². The molecule has 0 radical (unpaired) electrons. The van der Waals surface area contributed by atoms with E-state index in [9.17, 15) is 8.42 Å². The molecule has 0 atom stereocenters. The molecule has 118 valence electrons. The van der Waals surface area contributed by atoms with E-state index >= 15 is 0 Å². The van der Waals surface area contributed by atoms with Gasteiger partial charge in [-0.25, -0.2) is 8.42 Å². The molecule has 1 saturated heterocycles. The Morgan fingerprint density at radius 1 is 1.19 bits per heavy atom. The topological polar surface area (TPSA) is 67.2 Å². The molecular formula is C15H27N3O2S+2. The van der Waals surface area contributed by atoms with Gasteiger partial charge in [0.15, 0.2) is 0 Å². The molecule has 1 fully saturated rings. The summed E-state index contributed by atoms with van der Waals surface area (Å²) in [5.74, 6) is 0. The van der Waals surface area contributed by atoms with E-state index in [1.165, 1.54) is 4.90 Å². The lowest BCUT2D eigenvalue weighted by Gasteiger charge is -2.31. The highest BCUT2D eigenvalue weighted by Gasteiger charge is 2.31. The standard InChI is InChI=1S/C15H25N3O2S/c1-13-4-6-14(7-5-13)21(19,20)17-15(2,3)12-18-10-8-16-9-11-18/h4-7,16-17H,8-12H2,1-3H3/p+2. The van der Waals surface area contributed by atoms with E-state index in [-0.39, 0.29) is 0 Å². The maximum Gasteiger partial charge on any atom is 0.241 e. The minimum absolute atomic E-state index is 0.336. The molecule has 1 aromatic rings. The van der Waals surface area contributed by atoms with Crippen molar-refractivity contribution in [2.24, 2.45) is 0 Å². The first-order valence-corrected chi connectivity index (χ1v) is 9.03. The summed E-state index contributed by atoms with van der Waals surface area (Å²) in [6, 6.07) is 6.98. The Hall–Kier alpha value is -0.950. The molecule has 0 saturated carbocycles. The predicted octanol–water partition coefficient (Wildman–Crippen LogP) is -1.49. The summed E-state index contributed by atoms with van der Waals surface area (Å²) in [6.07, 6.45) is 0. The predicted molar refractivity (Wildman–Crippen MR) is 82.8 cm³/mol. The molecule has 0 spiro atoms. The van der Waals surface area contributed by atoms with Crippen LogP contribution in [0, 0.1) is 6.92 Å². The van der Waals surface area contributed by atoms with Gasteiger partial charge in [-0.2, -0.15) is 4.72 Å². The third-order valence-electron chi connectivity index (χ3n) is 3.84. The fourth-order valence-electron chi connectivity index (χ4n) is 2.86. The van der Waals surface area contributed by atoms with Crippen LogP contribution in [-0.4, -0.2) is 46.7 Å². The SMILES string of the molecule is Cc1ccc(S(=O)(=O)NC(C)(C)C[NH+]2CC[NH2+]CC2)cc1. The summed E-state index contributed by atoms with van der Waals surface area (Å²) in [4.78, 5) is 1.80. The molecule has 1 aliphatic heterocycles. The van der Waals surface area contributed by atoms with Crippen LogP contribution in [0.4, 0.5) is 0 Å². The molecule has 1 heterocycles. The average molecular weight is 313 g/mol. The highest BCUT2D eigenvalue weighted by molar-refractivity contribution is 7.89. The van der Waals surface area contributed by atoms with Crippen molar-refractivity contribution in [1.82, 2.24) is 4.72 Å². The van der Waals surface area contributed by atoms with Crippen LogP contribution in [-0.2, 0) is 10.0 Å².